The molecule has 1 amide bonds. The van der Waals surface area contributed by atoms with Crippen LogP contribution in [0.3, 0.4) is 0 Å². The molecule has 7 nitrogen and oxygen atoms in total. The number of benzene rings is 3. The summed E-state index contributed by atoms with van der Waals surface area (Å²) in [5.74, 6) is -0.934. The van der Waals surface area contributed by atoms with Crippen LogP contribution in [-0.2, 0) is 6.54 Å². The summed E-state index contributed by atoms with van der Waals surface area (Å²) >= 11 is 0. The summed E-state index contributed by atoms with van der Waals surface area (Å²) in [4.78, 5) is 24.3. The lowest BCUT2D eigenvalue weighted by atomic mass is 9.97. The number of carbonyl (C=O) groups excluding carboxylic acids is 1. The monoisotopic (exact) mass is 439 g/mol. The molecule has 3 aromatic carbocycles. The summed E-state index contributed by atoms with van der Waals surface area (Å²) in [5, 5.41) is 15.1. The van der Waals surface area contributed by atoms with Crippen LogP contribution in [0.4, 0.5) is 0 Å². The van der Waals surface area contributed by atoms with Crippen LogP contribution in [0, 0.1) is 13.8 Å². The van der Waals surface area contributed by atoms with Gasteiger partial charge in [-0.3, -0.25) is 4.79 Å². The summed E-state index contributed by atoms with van der Waals surface area (Å²) in [6.45, 7) is 4.16. The topological polar surface area (TPSA) is 111 Å². The van der Waals surface area contributed by atoms with Gasteiger partial charge >= 0.3 is 5.97 Å². The number of aryl methyl sites for hydroxylation is 2. The lowest BCUT2D eigenvalue weighted by Crippen LogP contribution is -2.12. The van der Waals surface area contributed by atoms with Crippen LogP contribution in [0.1, 0.15) is 37.7 Å². The minimum Gasteiger partial charge on any atom is -0.478 e. The summed E-state index contributed by atoms with van der Waals surface area (Å²) < 4.78 is 7.38. The molecule has 0 aliphatic heterocycles. The third-order valence-electron chi connectivity index (χ3n) is 5.98. The zero-order valence-corrected chi connectivity index (χ0v) is 18.1. The molecule has 0 atom stereocenters. The lowest BCUT2D eigenvalue weighted by molar-refractivity contribution is 0.0696. The van der Waals surface area contributed by atoms with Crippen molar-refractivity contribution in [3.05, 3.63) is 88.8 Å². The van der Waals surface area contributed by atoms with Crippen LogP contribution < -0.4 is 5.73 Å². The summed E-state index contributed by atoms with van der Waals surface area (Å²) in [5.41, 5.74) is 11.2. The van der Waals surface area contributed by atoms with Crippen molar-refractivity contribution in [2.45, 2.75) is 20.4 Å². The van der Waals surface area contributed by atoms with Crippen LogP contribution in [-0.4, -0.2) is 26.7 Å². The van der Waals surface area contributed by atoms with Crippen molar-refractivity contribution in [1.29, 1.82) is 0 Å². The van der Waals surface area contributed by atoms with E-state index in [1.54, 1.807) is 24.3 Å². The standard InChI is InChI=1S/C26H21N3O4/c1-14-23(15(2)33-28-14)18-10-20(25(27)30)24-19-9-8-17(26(31)32)11-21(19)29(22(24)12-18)13-16-6-4-3-5-7-16/h3-12H,13H2,1-2H3,(H2,27,30)(H,31,32). The maximum atomic E-state index is 12.6. The molecule has 0 saturated carbocycles. The summed E-state index contributed by atoms with van der Waals surface area (Å²) in [6, 6.07) is 18.5. The molecule has 0 saturated heterocycles. The number of amides is 1. The number of nitrogens with two attached hydrogens (primary N) is 1. The highest BCUT2D eigenvalue weighted by atomic mass is 16.5. The van der Waals surface area contributed by atoms with Gasteiger partial charge in [-0.25, -0.2) is 4.79 Å². The van der Waals surface area contributed by atoms with E-state index in [2.05, 4.69) is 5.16 Å². The van der Waals surface area contributed by atoms with Crippen LogP contribution in [0.2, 0.25) is 0 Å². The molecule has 0 radical (unpaired) electrons. The Morgan fingerprint density at radius 3 is 2.42 bits per heavy atom. The molecule has 164 valence electrons. The van der Waals surface area contributed by atoms with Gasteiger partial charge in [0.1, 0.15) is 5.76 Å². The van der Waals surface area contributed by atoms with Gasteiger partial charge in [-0.2, -0.15) is 0 Å². The molecule has 0 unspecified atom stereocenters. The van der Waals surface area contributed by atoms with E-state index < -0.39 is 11.9 Å². The van der Waals surface area contributed by atoms with E-state index >= 15 is 0 Å². The second-order valence-corrected chi connectivity index (χ2v) is 8.09. The quantitative estimate of drug-likeness (QED) is 0.404. The molecule has 3 N–H and O–H groups in total. The fraction of sp³-hybridized carbons (Fsp3) is 0.115. The highest BCUT2D eigenvalue weighted by molar-refractivity contribution is 6.19. The Labute approximate surface area is 189 Å². The van der Waals surface area contributed by atoms with E-state index in [1.807, 2.05) is 54.8 Å². The largest absolute Gasteiger partial charge is 0.478 e. The Bertz CT molecular complexity index is 1540. The van der Waals surface area contributed by atoms with Crippen molar-refractivity contribution in [3.63, 3.8) is 0 Å². The maximum absolute atomic E-state index is 12.6. The number of hydrogen-bond donors (Lipinski definition) is 2. The van der Waals surface area contributed by atoms with Crippen LogP contribution in [0.5, 0.6) is 0 Å². The number of rotatable bonds is 5. The number of aromatic nitrogens is 2. The molecule has 0 fully saturated rings. The third-order valence-corrected chi connectivity index (χ3v) is 5.98. The highest BCUT2D eigenvalue weighted by Crippen LogP contribution is 2.38. The Balaban J connectivity index is 1.91. The number of carboxylic acids is 1. The van der Waals surface area contributed by atoms with E-state index in [1.165, 1.54) is 0 Å². The van der Waals surface area contributed by atoms with Crippen LogP contribution in [0.25, 0.3) is 32.9 Å². The van der Waals surface area contributed by atoms with E-state index in [4.69, 9.17) is 10.3 Å². The normalized spacial score (nSPS) is 11.3. The number of primary amides is 1. The minimum absolute atomic E-state index is 0.172. The average molecular weight is 439 g/mol. The average Bonchev–Trinajstić information content (AvgIpc) is 3.30. The molecule has 33 heavy (non-hydrogen) atoms. The van der Waals surface area contributed by atoms with Gasteiger partial charge in [0.15, 0.2) is 0 Å². The molecular weight excluding hydrogens is 418 g/mol. The molecule has 2 aromatic heterocycles. The highest BCUT2D eigenvalue weighted by Gasteiger charge is 2.22. The number of carboxylic acid groups (broad SMARTS) is 1. The molecule has 5 aromatic rings. The molecule has 2 heterocycles. The zero-order chi connectivity index (χ0) is 23.3. The fourth-order valence-electron chi connectivity index (χ4n) is 4.52. The number of hydrogen-bond acceptors (Lipinski definition) is 4. The molecular formula is C26H21N3O4. The van der Waals surface area contributed by atoms with Gasteiger partial charge in [0, 0.05) is 28.4 Å². The minimum atomic E-state index is -1.01. The van der Waals surface area contributed by atoms with Crippen molar-refractivity contribution >= 4 is 33.7 Å². The molecule has 0 aliphatic rings. The van der Waals surface area contributed by atoms with Gasteiger partial charge < -0.3 is 19.9 Å². The maximum Gasteiger partial charge on any atom is 0.335 e. The predicted octanol–water partition coefficient (Wildman–Crippen LogP) is 4.91. The Kier molecular flexibility index (Phi) is 4.74. The van der Waals surface area contributed by atoms with Crippen LogP contribution >= 0.6 is 0 Å². The second kappa shape index (κ2) is 7.63. The van der Waals surface area contributed by atoms with Gasteiger partial charge in [-0.15, -0.1) is 0 Å². The molecule has 0 spiro atoms. The first-order chi connectivity index (χ1) is 15.8. The SMILES string of the molecule is Cc1noc(C)c1-c1cc(C(N)=O)c2c3ccc(C(=O)O)cc3n(Cc3ccccc3)c2c1. The van der Waals surface area contributed by atoms with E-state index in [-0.39, 0.29) is 5.56 Å². The van der Waals surface area contributed by atoms with E-state index in [9.17, 15) is 14.7 Å². The number of carbonyl (C=O) groups is 2. The van der Waals surface area contributed by atoms with Crippen molar-refractivity contribution in [2.75, 3.05) is 0 Å². The van der Waals surface area contributed by atoms with E-state index in [0.717, 1.165) is 27.6 Å². The molecule has 5 rings (SSSR count). The fourth-order valence-corrected chi connectivity index (χ4v) is 4.52. The van der Waals surface area contributed by atoms with Gasteiger partial charge in [0.05, 0.1) is 22.3 Å². The second-order valence-electron chi connectivity index (χ2n) is 8.09. The molecule has 7 heteroatoms. The smallest absolute Gasteiger partial charge is 0.335 e. The predicted molar refractivity (Wildman–Crippen MR) is 125 cm³/mol. The van der Waals surface area contributed by atoms with Crippen molar-refractivity contribution in [1.82, 2.24) is 9.72 Å². The Hall–Kier alpha value is -4.39. The number of nitrogens with zero attached hydrogens (tertiary/aromatic N) is 2. The molecule has 0 bridgehead atoms. The van der Waals surface area contributed by atoms with Gasteiger partial charge in [-0.05, 0) is 49.2 Å². The summed E-state index contributed by atoms with van der Waals surface area (Å²) in [7, 11) is 0. The Morgan fingerprint density at radius 1 is 1.03 bits per heavy atom. The van der Waals surface area contributed by atoms with E-state index in [0.29, 0.717) is 34.5 Å². The first-order valence-corrected chi connectivity index (χ1v) is 10.5. The molecule has 0 aliphatic carbocycles. The van der Waals surface area contributed by atoms with Crippen LogP contribution in [0.15, 0.2) is 65.2 Å². The number of aromatic carboxylic acids is 1. The van der Waals surface area contributed by atoms with Gasteiger partial charge in [-0.1, -0.05) is 41.6 Å². The third kappa shape index (κ3) is 3.34. The van der Waals surface area contributed by atoms with Gasteiger partial charge in [0.2, 0.25) is 5.91 Å². The first kappa shape index (κ1) is 20.5. The van der Waals surface area contributed by atoms with Crippen molar-refractivity contribution in [2.24, 2.45) is 5.73 Å². The van der Waals surface area contributed by atoms with Crippen molar-refractivity contribution < 1.29 is 19.2 Å². The summed E-state index contributed by atoms with van der Waals surface area (Å²) in [6.07, 6.45) is 0. The van der Waals surface area contributed by atoms with Gasteiger partial charge in [0.25, 0.3) is 0 Å². The lowest BCUT2D eigenvalue weighted by Gasteiger charge is -2.10. The zero-order valence-electron chi connectivity index (χ0n) is 18.1. The Morgan fingerprint density at radius 2 is 1.79 bits per heavy atom. The first-order valence-electron chi connectivity index (χ1n) is 10.5. The van der Waals surface area contributed by atoms with Crippen molar-refractivity contribution in [3.8, 4) is 11.1 Å². The number of fused-ring (bicyclic) bond motifs is 3.